The summed E-state index contributed by atoms with van der Waals surface area (Å²) >= 11 is 6.08. The monoisotopic (exact) mass is 294 g/mol. The summed E-state index contributed by atoms with van der Waals surface area (Å²) in [6.07, 6.45) is 5.10. The molecule has 1 heterocycles. The van der Waals surface area contributed by atoms with Gasteiger partial charge < -0.3 is 10.2 Å². The van der Waals surface area contributed by atoms with Crippen LogP contribution in [-0.2, 0) is 0 Å². The minimum atomic E-state index is 0.372. The number of halogens is 1. The van der Waals surface area contributed by atoms with Crippen molar-refractivity contribution >= 4 is 11.6 Å². The molecular formula is C17H27ClN2. The molecule has 1 fully saturated rings. The van der Waals surface area contributed by atoms with Crippen LogP contribution in [0.3, 0.4) is 0 Å². The molecule has 0 saturated carbocycles. The lowest BCUT2D eigenvalue weighted by Crippen LogP contribution is -2.33. The van der Waals surface area contributed by atoms with E-state index in [1.807, 2.05) is 12.1 Å². The standard InChI is InChI=1S/C17H27ClN2/c1-3-10-20-11-5-8-17(9-12-20)19-14(2)15-6-4-7-16(18)13-15/h4,6-7,13-14,17,19H,3,5,8-12H2,1-2H3/t14-,17?/m0/s1. The fourth-order valence-electron chi connectivity index (χ4n) is 3.09. The molecular weight excluding hydrogens is 268 g/mol. The van der Waals surface area contributed by atoms with Crippen molar-refractivity contribution in [2.75, 3.05) is 19.6 Å². The van der Waals surface area contributed by atoms with Crippen LogP contribution < -0.4 is 5.32 Å². The summed E-state index contributed by atoms with van der Waals surface area (Å²) in [4.78, 5) is 2.60. The molecule has 0 radical (unpaired) electrons. The fraction of sp³-hybridized carbons (Fsp3) is 0.647. The Bertz CT molecular complexity index is 408. The van der Waals surface area contributed by atoms with E-state index >= 15 is 0 Å². The predicted octanol–water partition coefficient (Wildman–Crippen LogP) is 4.26. The Hall–Kier alpha value is -0.570. The highest BCUT2D eigenvalue weighted by Gasteiger charge is 2.18. The number of rotatable bonds is 5. The quantitative estimate of drug-likeness (QED) is 0.873. The highest BCUT2D eigenvalue weighted by molar-refractivity contribution is 6.30. The first kappa shape index (κ1) is 15.8. The first-order chi connectivity index (χ1) is 9.69. The molecule has 1 unspecified atom stereocenters. The molecule has 1 N–H and O–H groups in total. The summed E-state index contributed by atoms with van der Waals surface area (Å²) in [5.74, 6) is 0. The maximum atomic E-state index is 6.08. The summed E-state index contributed by atoms with van der Waals surface area (Å²) in [5, 5.41) is 4.60. The summed E-state index contributed by atoms with van der Waals surface area (Å²) in [7, 11) is 0. The lowest BCUT2D eigenvalue weighted by atomic mass is 10.0. The molecule has 2 nitrogen and oxygen atoms in total. The minimum absolute atomic E-state index is 0.372. The van der Waals surface area contributed by atoms with Crippen LogP contribution in [0, 0.1) is 0 Å². The zero-order valence-electron chi connectivity index (χ0n) is 12.7. The van der Waals surface area contributed by atoms with E-state index in [1.165, 1.54) is 50.9 Å². The molecule has 1 aromatic carbocycles. The molecule has 0 aliphatic carbocycles. The van der Waals surface area contributed by atoms with Gasteiger partial charge in [0.05, 0.1) is 0 Å². The fourth-order valence-corrected chi connectivity index (χ4v) is 3.29. The summed E-state index contributed by atoms with van der Waals surface area (Å²) in [6.45, 7) is 8.24. The number of hydrogen-bond acceptors (Lipinski definition) is 2. The largest absolute Gasteiger partial charge is 0.307 e. The zero-order valence-corrected chi connectivity index (χ0v) is 13.5. The molecule has 20 heavy (non-hydrogen) atoms. The van der Waals surface area contributed by atoms with Crippen LogP contribution in [0.1, 0.15) is 51.1 Å². The van der Waals surface area contributed by atoms with Gasteiger partial charge in [0, 0.05) is 17.1 Å². The molecule has 1 aliphatic heterocycles. The normalized spacial score (nSPS) is 22.4. The number of nitrogens with one attached hydrogen (secondary N) is 1. The number of nitrogens with zero attached hydrogens (tertiary/aromatic N) is 1. The minimum Gasteiger partial charge on any atom is -0.307 e. The maximum absolute atomic E-state index is 6.08. The molecule has 3 heteroatoms. The Balaban J connectivity index is 1.86. The van der Waals surface area contributed by atoms with Crippen LogP contribution in [-0.4, -0.2) is 30.6 Å². The van der Waals surface area contributed by atoms with E-state index in [9.17, 15) is 0 Å². The van der Waals surface area contributed by atoms with E-state index in [1.54, 1.807) is 0 Å². The predicted molar refractivity (Wildman–Crippen MR) is 87.4 cm³/mol. The second kappa shape index (κ2) is 8.02. The van der Waals surface area contributed by atoms with Crippen molar-refractivity contribution < 1.29 is 0 Å². The van der Waals surface area contributed by atoms with Crippen molar-refractivity contribution in [2.45, 2.75) is 51.6 Å². The van der Waals surface area contributed by atoms with Gasteiger partial charge in [-0.15, -0.1) is 0 Å². The van der Waals surface area contributed by atoms with E-state index in [-0.39, 0.29) is 0 Å². The molecule has 1 aromatic rings. The van der Waals surface area contributed by atoms with Gasteiger partial charge in [0.25, 0.3) is 0 Å². The van der Waals surface area contributed by atoms with Gasteiger partial charge in [-0.3, -0.25) is 0 Å². The van der Waals surface area contributed by atoms with Gasteiger partial charge >= 0.3 is 0 Å². The van der Waals surface area contributed by atoms with Crippen molar-refractivity contribution in [1.82, 2.24) is 10.2 Å². The van der Waals surface area contributed by atoms with Crippen molar-refractivity contribution in [2.24, 2.45) is 0 Å². The average Bonchev–Trinajstić information content (AvgIpc) is 2.65. The van der Waals surface area contributed by atoms with Crippen molar-refractivity contribution in [3.63, 3.8) is 0 Å². The molecule has 2 atom stereocenters. The van der Waals surface area contributed by atoms with Crippen LogP contribution in [0.5, 0.6) is 0 Å². The van der Waals surface area contributed by atoms with Crippen LogP contribution in [0.15, 0.2) is 24.3 Å². The van der Waals surface area contributed by atoms with Crippen molar-refractivity contribution in [3.8, 4) is 0 Å². The first-order valence-electron chi connectivity index (χ1n) is 7.93. The third-order valence-corrected chi connectivity index (χ3v) is 4.43. The van der Waals surface area contributed by atoms with Gasteiger partial charge in [-0.2, -0.15) is 0 Å². The summed E-state index contributed by atoms with van der Waals surface area (Å²) < 4.78 is 0. The second-order valence-electron chi connectivity index (χ2n) is 5.91. The van der Waals surface area contributed by atoms with Crippen LogP contribution >= 0.6 is 11.6 Å². The third-order valence-electron chi connectivity index (χ3n) is 4.19. The number of likely N-dealkylation sites (tertiary alicyclic amines) is 1. The summed E-state index contributed by atoms with van der Waals surface area (Å²) in [5.41, 5.74) is 1.28. The van der Waals surface area contributed by atoms with E-state index in [4.69, 9.17) is 11.6 Å². The molecule has 1 saturated heterocycles. The first-order valence-corrected chi connectivity index (χ1v) is 8.30. The van der Waals surface area contributed by atoms with Crippen molar-refractivity contribution in [1.29, 1.82) is 0 Å². The molecule has 2 rings (SSSR count). The Morgan fingerprint density at radius 3 is 2.95 bits per heavy atom. The Morgan fingerprint density at radius 2 is 2.20 bits per heavy atom. The van der Waals surface area contributed by atoms with Gasteiger partial charge in [0.1, 0.15) is 0 Å². The lowest BCUT2D eigenvalue weighted by molar-refractivity contribution is 0.281. The highest BCUT2D eigenvalue weighted by Crippen LogP contribution is 2.20. The molecule has 0 amide bonds. The molecule has 0 aromatic heterocycles. The van der Waals surface area contributed by atoms with Crippen molar-refractivity contribution in [3.05, 3.63) is 34.9 Å². The van der Waals surface area contributed by atoms with E-state index in [2.05, 4.69) is 36.2 Å². The third kappa shape index (κ3) is 4.76. The maximum Gasteiger partial charge on any atom is 0.0409 e. The lowest BCUT2D eigenvalue weighted by Gasteiger charge is -2.23. The SMILES string of the molecule is CCCN1CCCC(N[C@@H](C)c2cccc(Cl)c2)CC1. The molecule has 1 aliphatic rings. The van der Waals surface area contributed by atoms with E-state index < -0.39 is 0 Å². The molecule has 0 spiro atoms. The number of benzene rings is 1. The second-order valence-corrected chi connectivity index (χ2v) is 6.35. The van der Waals surface area contributed by atoms with Crippen LogP contribution in [0.2, 0.25) is 5.02 Å². The Kier molecular flexibility index (Phi) is 6.34. The van der Waals surface area contributed by atoms with Gasteiger partial charge in [0.15, 0.2) is 0 Å². The smallest absolute Gasteiger partial charge is 0.0409 e. The molecule has 0 bridgehead atoms. The molecule has 112 valence electrons. The zero-order chi connectivity index (χ0) is 14.4. The van der Waals surface area contributed by atoms with E-state index in [0.29, 0.717) is 12.1 Å². The van der Waals surface area contributed by atoms with Gasteiger partial charge in [-0.25, -0.2) is 0 Å². The average molecular weight is 295 g/mol. The van der Waals surface area contributed by atoms with Crippen LogP contribution in [0.25, 0.3) is 0 Å². The Morgan fingerprint density at radius 1 is 1.35 bits per heavy atom. The van der Waals surface area contributed by atoms with Gasteiger partial charge in [-0.1, -0.05) is 30.7 Å². The van der Waals surface area contributed by atoms with E-state index in [0.717, 1.165) is 5.02 Å². The number of hydrogen-bond donors (Lipinski definition) is 1. The van der Waals surface area contributed by atoms with Crippen LogP contribution in [0.4, 0.5) is 0 Å². The topological polar surface area (TPSA) is 15.3 Å². The summed E-state index contributed by atoms with van der Waals surface area (Å²) in [6, 6.07) is 9.20. The highest BCUT2D eigenvalue weighted by atomic mass is 35.5. The van der Waals surface area contributed by atoms with Gasteiger partial charge in [0.2, 0.25) is 0 Å². The van der Waals surface area contributed by atoms with Gasteiger partial charge in [-0.05, 0) is 69.9 Å². The Labute approximate surface area is 128 Å².